The second kappa shape index (κ2) is 7.28. The zero-order valence-electron chi connectivity index (χ0n) is 11.0. The van der Waals surface area contributed by atoms with E-state index in [0.717, 1.165) is 17.7 Å². The van der Waals surface area contributed by atoms with Crippen molar-refractivity contribution in [3.05, 3.63) is 52.2 Å². The Kier molecular flexibility index (Phi) is 5.39. The molecule has 0 bridgehead atoms. The second-order valence-corrected chi connectivity index (χ2v) is 5.30. The normalized spacial score (nSPS) is 12.3. The molecule has 0 amide bonds. The third kappa shape index (κ3) is 4.06. The molecule has 0 fully saturated rings. The molecule has 2 rings (SSSR count). The lowest BCUT2D eigenvalue weighted by atomic mass is 10.0. The molecular weight excluding hydrogens is 258 g/mol. The van der Waals surface area contributed by atoms with Crippen molar-refractivity contribution >= 4 is 11.3 Å². The first-order valence-electron chi connectivity index (χ1n) is 6.30. The molecule has 4 heteroatoms. The van der Waals surface area contributed by atoms with Crippen molar-refractivity contribution in [2.45, 2.75) is 12.5 Å². The summed E-state index contributed by atoms with van der Waals surface area (Å²) in [6, 6.07) is 12.1. The van der Waals surface area contributed by atoms with Crippen molar-refractivity contribution in [1.29, 1.82) is 0 Å². The van der Waals surface area contributed by atoms with Crippen molar-refractivity contribution in [2.24, 2.45) is 5.73 Å². The van der Waals surface area contributed by atoms with Crippen molar-refractivity contribution in [1.82, 2.24) is 0 Å². The molecule has 0 radical (unpaired) electrons. The van der Waals surface area contributed by atoms with E-state index in [1.807, 2.05) is 30.3 Å². The number of thiophene rings is 1. The fourth-order valence-electron chi connectivity index (χ4n) is 1.91. The van der Waals surface area contributed by atoms with Crippen LogP contribution in [0, 0.1) is 0 Å². The van der Waals surface area contributed by atoms with Gasteiger partial charge >= 0.3 is 0 Å². The van der Waals surface area contributed by atoms with Gasteiger partial charge in [0.1, 0.15) is 12.4 Å². The number of benzene rings is 1. The molecule has 1 unspecified atom stereocenters. The summed E-state index contributed by atoms with van der Waals surface area (Å²) in [4.78, 5) is 1.29. The molecule has 0 saturated heterocycles. The fourth-order valence-corrected chi connectivity index (χ4v) is 2.67. The van der Waals surface area contributed by atoms with Crippen LogP contribution in [0.25, 0.3) is 0 Å². The van der Waals surface area contributed by atoms with E-state index in [-0.39, 0.29) is 6.04 Å². The zero-order valence-corrected chi connectivity index (χ0v) is 11.9. The largest absolute Gasteiger partial charge is 0.491 e. The smallest absolute Gasteiger partial charge is 0.124 e. The summed E-state index contributed by atoms with van der Waals surface area (Å²) in [7, 11) is 1.66. The van der Waals surface area contributed by atoms with Crippen LogP contribution in [0.5, 0.6) is 5.75 Å². The lowest BCUT2D eigenvalue weighted by molar-refractivity contribution is 0.145. The quantitative estimate of drug-likeness (QED) is 0.791. The van der Waals surface area contributed by atoms with Gasteiger partial charge in [-0.05, 0) is 17.5 Å². The minimum atomic E-state index is -0.0441. The molecule has 3 nitrogen and oxygen atoms in total. The van der Waals surface area contributed by atoms with Gasteiger partial charge in [0.15, 0.2) is 0 Å². The van der Waals surface area contributed by atoms with Crippen LogP contribution in [0.2, 0.25) is 0 Å². The van der Waals surface area contributed by atoms with Gasteiger partial charge in [0, 0.05) is 30.0 Å². The van der Waals surface area contributed by atoms with E-state index in [4.69, 9.17) is 15.2 Å². The number of para-hydroxylation sites is 1. The maximum atomic E-state index is 6.29. The number of methoxy groups -OCH3 is 1. The van der Waals surface area contributed by atoms with Gasteiger partial charge in [-0.15, -0.1) is 11.3 Å². The van der Waals surface area contributed by atoms with Gasteiger partial charge < -0.3 is 15.2 Å². The summed E-state index contributed by atoms with van der Waals surface area (Å²) >= 11 is 1.73. The summed E-state index contributed by atoms with van der Waals surface area (Å²) in [6.45, 7) is 1.12. The van der Waals surface area contributed by atoms with E-state index in [1.165, 1.54) is 4.88 Å². The standard InChI is InChI=1S/C15H19NO2S/c1-17-8-9-18-15-7-3-2-6-13(15)14(16)11-12-5-4-10-19-12/h2-7,10,14H,8-9,11,16H2,1H3. The minimum absolute atomic E-state index is 0.0441. The molecule has 1 aromatic heterocycles. The van der Waals surface area contributed by atoms with Crippen LogP contribution in [0.1, 0.15) is 16.5 Å². The number of ether oxygens (including phenoxy) is 2. The van der Waals surface area contributed by atoms with Gasteiger partial charge in [0.2, 0.25) is 0 Å². The Morgan fingerprint density at radius 3 is 2.74 bits per heavy atom. The monoisotopic (exact) mass is 277 g/mol. The topological polar surface area (TPSA) is 44.5 Å². The van der Waals surface area contributed by atoms with Crippen molar-refractivity contribution in [3.8, 4) is 5.75 Å². The van der Waals surface area contributed by atoms with Gasteiger partial charge in [-0.25, -0.2) is 0 Å². The Balaban J connectivity index is 2.05. The summed E-state index contributed by atoms with van der Waals surface area (Å²) in [5.74, 6) is 0.851. The third-order valence-corrected chi connectivity index (χ3v) is 3.76. The fraction of sp³-hybridized carbons (Fsp3) is 0.333. The van der Waals surface area contributed by atoms with Crippen LogP contribution in [0.15, 0.2) is 41.8 Å². The highest BCUT2D eigenvalue weighted by Gasteiger charge is 2.12. The highest BCUT2D eigenvalue weighted by molar-refractivity contribution is 7.09. The average Bonchev–Trinajstić information content (AvgIpc) is 2.92. The molecule has 0 saturated carbocycles. The molecule has 1 heterocycles. The van der Waals surface area contributed by atoms with Gasteiger partial charge in [0.05, 0.1) is 6.61 Å². The zero-order chi connectivity index (χ0) is 13.5. The number of nitrogens with two attached hydrogens (primary N) is 1. The molecule has 2 N–H and O–H groups in total. The summed E-state index contributed by atoms with van der Waals surface area (Å²) in [6.07, 6.45) is 0.836. The Morgan fingerprint density at radius 2 is 2.00 bits per heavy atom. The molecular formula is C15H19NO2S. The van der Waals surface area contributed by atoms with Gasteiger partial charge in [-0.2, -0.15) is 0 Å². The Labute approximate surface area is 118 Å². The van der Waals surface area contributed by atoms with Crippen LogP contribution in [0.3, 0.4) is 0 Å². The van der Waals surface area contributed by atoms with Crippen molar-refractivity contribution in [2.75, 3.05) is 20.3 Å². The minimum Gasteiger partial charge on any atom is -0.491 e. The molecule has 0 spiro atoms. The van der Waals surface area contributed by atoms with Crippen LogP contribution >= 0.6 is 11.3 Å². The van der Waals surface area contributed by atoms with Crippen LogP contribution < -0.4 is 10.5 Å². The predicted molar refractivity (Wildman–Crippen MR) is 78.8 cm³/mol. The number of hydrogen-bond donors (Lipinski definition) is 1. The molecule has 19 heavy (non-hydrogen) atoms. The molecule has 1 atom stereocenters. The second-order valence-electron chi connectivity index (χ2n) is 4.27. The maximum Gasteiger partial charge on any atom is 0.124 e. The van der Waals surface area contributed by atoms with E-state index < -0.39 is 0 Å². The molecule has 0 aliphatic rings. The van der Waals surface area contributed by atoms with E-state index >= 15 is 0 Å². The lowest BCUT2D eigenvalue weighted by Crippen LogP contribution is -2.15. The SMILES string of the molecule is COCCOc1ccccc1C(N)Cc1cccs1. The summed E-state index contributed by atoms with van der Waals surface area (Å²) in [5, 5.41) is 2.07. The van der Waals surface area contributed by atoms with Crippen LogP contribution in [-0.4, -0.2) is 20.3 Å². The first-order valence-corrected chi connectivity index (χ1v) is 7.18. The molecule has 0 aliphatic carbocycles. The highest BCUT2D eigenvalue weighted by Crippen LogP contribution is 2.27. The Morgan fingerprint density at radius 1 is 1.16 bits per heavy atom. The van der Waals surface area contributed by atoms with Gasteiger partial charge in [0.25, 0.3) is 0 Å². The average molecular weight is 277 g/mol. The first-order chi connectivity index (χ1) is 9.31. The van der Waals surface area contributed by atoms with Crippen molar-refractivity contribution in [3.63, 3.8) is 0 Å². The van der Waals surface area contributed by atoms with E-state index in [9.17, 15) is 0 Å². The summed E-state index contributed by atoms with van der Waals surface area (Å²) < 4.78 is 10.7. The molecule has 2 aromatic rings. The van der Waals surface area contributed by atoms with E-state index in [1.54, 1.807) is 18.4 Å². The van der Waals surface area contributed by atoms with Crippen LogP contribution in [0.4, 0.5) is 0 Å². The van der Waals surface area contributed by atoms with Gasteiger partial charge in [-0.3, -0.25) is 0 Å². The Bertz CT molecular complexity index is 485. The molecule has 0 aliphatic heterocycles. The summed E-state index contributed by atoms with van der Waals surface area (Å²) in [5.41, 5.74) is 7.33. The first kappa shape index (κ1) is 14.1. The van der Waals surface area contributed by atoms with Crippen LogP contribution in [-0.2, 0) is 11.2 Å². The molecule has 1 aromatic carbocycles. The molecule has 102 valence electrons. The third-order valence-electron chi connectivity index (χ3n) is 2.86. The van der Waals surface area contributed by atoms with E-state index in [2.05, 4.69) is 11.4 Å². The van der Waals surface area contributed by atoms with E-state index in [0.29, 0.717) is 13.2 Å². The maximum absolute atomic E-state index is 6.29. The number of hydrogen-bond acceptors (Lipinski definition) is 4. The predicted octanol–water partition coefficient (Wildman–Crippen LogP) is 3.02. The Hall–Kier alpha value is -1.36. The number of rotatable bonds is 7. The van der Waals surface area contributed by atoms with Crippen molar-refractivity contribution < 1.29 is 9.47 Å². The highest BCUT2D eigenvalue weighted by atomic mass is 32.1. The van der Waals surface area contributed by atoms with Gasteiger partial charge in [-0.1, -0.05) is 24.3 Å². The lowest BCUT2D eigenvalue weighted by Gasteiger charge is -2.16.